The van der Waals surface area contributed by atoms with Crippen molar-refractivity contribution in [3.05, 3.63) is 51.5 Å². The molecule has 2 rings (SSSR count). The average Bonchev–Trinajstić information content (AvgIpc) is 2.88. The third-order valence-corrected chi connectivity index (χ3v) is 3.66. The summed E-state index contributed by atoms with van der Waals surface area (Å²) in [6.07, 6.45) is 1.39. The number of carbonyl (C=O) groups is 2. The Kier molecular flexibility index (Phi) is 5.63. The van der Waals surface area contributed by atoms with Gasteiger partial charge in [0, 0.05) is 23.6 Å². The molecule has 2 aromatic rings. The van der Waals surface area contributed by atoms with Gasteiger partial charge < -0.3 is 14.6 Å². The molecule has 0 atom stereocenters. The van der Waals surface area contributed by atoms with Crippen molar-refractivity contribution in [1.29, 1.82) is 0 Å². The standard InChI is InChI=1S/C15H15Cl2N3O3/c1-3-23-15(22)13-12(19-8-20(13)2)14(21)18-7-9-4-5-10(16)6-11(9)17/h4-6,8H,3,7H2,1-2H3,(H,18,21). The fourth-order valence-electron chi connectivity index (χ4n) is 1.96. The van der Waals surface area contributed by atoms with E-state index in [1.54, 1.807) is 32.2 Å². The third kappa shape index (κ3) is 4.03. The Labute approximate surface area is 143 Å². The molecule has 0 saturated carbocycles. The molecule has 1 amide bonds. The van der Waals surface area contributed by atoms with Gasteiger partial charge >= 0.3 is 5.97 Å². The molecule has 122 valence electrons. The minimum atomic E-state index is -0.595. The van der Waals surface area contributed by atoms with Gasteiger partial charge in [-0.2, -0.15) is 0 Å². The van der Waals surface area contributed by atoms with Crippen LogP contribution in [0.1, 0.15) is 33.5 Å². The van der Waals surface area contributed by atoms with Crippen LogP contribution in [0, 0.1) is 0 Å². The molecule has 0 aliphatic rings. The highest BCUT2D eigenvalue weighted by Crippen LogP contribution is 2.21. The lowest BCUT2D eigenvalue weighted by Crippen LogP contribution is -2.26. The average molecular weight is 356 g/mol. The SMILES string of the molecule is CCOC(=O)c1c(C(=O)NCc2ccc(Cl)cc2Cl)ncn1C. The van der Waals surface area contributed by atoms with Gasteiger partial charge in [0.15, 0.2) is 11.4 Å². The smallest absolute Gasteiger partial charge is 0.357 e. The van der Waals surface area contributed by atoms with E-state index in [0.717, 1.165) is 0 Å². The Hall–Kier alpha value is -2.05. The van der Waals surface area contributed by atoms with Gasteiger partial charge in [-0.1, -0.05) is 29.3 Å². The zero-order valence-corrected chi connectivity index (χ0v) is 14.1. The number of imidazole rings is 1. The minimum Gasteiger partial charge on any atom is -0.461 e. The normalized spacial score (nSPS) is 10.4. The summed E-state index contributed by atoms with van der Waals surface area (Å²) in [7, 11) is 1.62. The van der Waals surface area contributed by atoms with Crippen LogP contribution < -0.4 is 5.32 Å². The quantitative estimate of drug-likeness (QED) is 0.837. The summed E-state index contributed by atoms with van der Waals surface area (Å²) in [4.78, 5) is 28.2. The van der Waals surface area contributed by atoms with E-state index >= 15 is 0 Å². The van der Waals surface area contributed by atoms with Crippen LogP contribution in [0.15, 0.2) is 24.5 Å². The Morgan fingerprint density at radius 3 is 2.74 bits per heavy atom. The number of aryl methyl sites for hydroxylation is 1. The topological polar surface area (TPSA) is 73.2 Å². The van der Waals surface area contributed by atoms with Crippen LogP contribution in [0.5, 0.6) is 0 Å². The van der Waals surface area contributed by atoms with E-state index < -0.39 is 11.9 Å². The lowest BCUT2D eigenvalue weighted by Gasteiger charge is -2.08. The molecule has 0 aliphatic carbocycles. The van der Waals surface area contributed by atoms with Gasteiger partial charge in [-0.3, -0.25) is 4.79 Å². The summed E-state index contributed by atoms with van der Waals surface area (Å²) in [6, 6.07) is 4.99. The van der Waals surface area contributed by atoms with Crippen molar-refractivity contribution in [1.82, 2.24) is 14.9 Å². The van der Waals surface area contributed by atoms with Crippen molar-refractivity contribution in [3.63, 3.8) is 0 Å². The van der Waals surface area contributed by atoms with Gasteiger partial charge in [0.05, 0.1) is 12.9 Å². The number of nitrogens with zero attached hydrogens (tertiary/aromatic N) is 2. The number of esters is 1. The number of amides is 1. The number of benzene rings is 1. The predicted octanol–water partition coefficient (Wildman–Crippen LogP) is 2.83. The molecular weight excluding hydrogens is 341 g/mol. The van der Waals surface area contributed by atoms with Crippen molar-refractivity contribution in [3.8, 4) is 0 Å². The summed E-state index contributed by atoms with van der Waals surface area (Å²) < 4.78 is 6.38. The Balaban J connectivity index is 2.14. The van der Waals surface area contributed by atoms with Gasteiger partial charge in [-0.25, -0.2) is 9.78 Å². The van der Waals surface area contributed by atoms with Crippen LogP contribution in [-0.2, 0) is 18.3 Å². The molecule has 23 heavy (non-hydrogen) atoms. The number of hydrogen-bond donors (Lipinski definition) is 1. The summed E-state index contributed by atoms with van der Waals surface area (Å²) in [5.41, 5.74) is 0.820. The molecule has 1 aromatic heterocycles. The van der Waals surface area contributed by atoms with Gasteiger partial charge in [-0.05, 0) is 24.6 Å². The fourth-order valence-corrected chi connectivity index (χ4v) is 2.44. The molecule has 1 aromatic carbocycles. The van der Waals surface area contributed by atoms with Crippen LogP contribution in [0.4, 0.5) is 0 Å². The summed E-state index contributed by atoms with van der Waals surface area (Å²) in [5.74, 6) is -1.08. The van der Waals surface area contributed by atoms with Gasteiger partial charge in [0.2, 0.25) is 0 Å². The first-order valence-corrected chi connectivity index (χ1v) is 7.60. The van der Waals surface area contributed by atoms with Crippen molar-refractivity contribution < 1.29 is 14.3 Å². The second-order valence-corrected chi connectivity index (χ2v) is 5.54. The van der Waals surface area contributed by atoms with Crippen molar-refractivity contribution in [2.24, 2.45) is 7.05 Å². The molecule has 0 fully saturated rings. The molecular formula is C15H15Cl2N3O3. The largest absolute Gasteiger partial charge is 0.461 e. The number of nitrogens with one attached hydrogen (secondary N) is 1. The number of aromatic nitrogens is 2. The van der Waals surface area contributed by atoms with E-state index in [2.05, 4.69) is 10.3 Å². The first kappa shape index (κ1) is 17.3. The second-order valence-electron chi connectivity index (χ2n) is 4.69. The summed E-state index contributed by atoms with van der Waals surface area (Å²) in [6.45, 7) is 2.09. The minimum absolute atomic E-state index is 0.0102. The maximum atomic E-state index is 12.3. The van der Waals surface area contributed by atoms with E-state index in [0.29, 0.717) is 15.6 Å². The zero-order valence-electron chi connectivity index (χ0n) is 12.6. The Morgan fingerprint density at radius 2 is 2.09 bits per heavy atom. The van der Waals surface area contributed by atoms with Gasteiger partial charge in [0.1, 0.15) is 0 Å². The lowest BCUT2D eigenvalue weighted by molar-refractivity contribution is 0.0511. The summed E-state index contributed by atoms with van der Waals surface area (Å²) in [5, 5.41) is 3.64. The predicted molar refractivity (Wildman–Crippen MR) is 86.8 cm³/mol. The van der Waals surface area contributed by atoms with E-state index in [9.17, 15) is 9.59 Å². The molecule has 0 spiro atoms. The lowest BCUT2D eigenvalue weighted by atomic mass is 10.2. The third-order valence-electron chi connectivity index (χ3n) is 3.08. The number of hydrogen-bond acceptors (Lipinski definition) is 4. The monoisotopic (exact) mass is 355 g/mol. The molecule has 1 N–H and O–H groups in total. The van der Waals surface area contributed by atoms with Crippen molar-refractivity contribution >= 4 is 35.1 Å². The molecule has 0 saturated heterocycles. The molecule has 0 aliphatic heterocycles. The van der Waals surface area contributed by atoms with Crippen LogP contribution in [0.25, 0.3) is 0 Å². The number of carbonyl (C=O) groups excluding carboxylic acids is 2. The van der Waals surface area contributed by atoms with Gasteiger partial charge in [0.25, 0.3) is 5.91 Å². The van der Waals surface area contributed by atoms with Crippen LogP contribution >= 0.6 is 23.2 Å². The first-order chi connectivity index (χ1) is 10.9. The molecule has 0 bridgehead atoms. The highest BCUT2D eigenvalue weighted by molar-refractivity contribution is 6.35. The second kappa shape index (κ2) is 7.48. The molecule has 0 radical (unpaired) electrons. The molecule has 8 heteroatoms. The molecule has 6 nitrogen and oxygen atoms in total. The first-order valence-electron chi connectivity index (χ1n) is 6.84. The zero-order chi connectivity index (χ0) is 17.0. The maximum absolute atomic E-state index is 12.3. The maximum Gasteiger partial charge on any atom is 0.357 e. The van der Waals surface area contributed by atoms with E-state index in [1.165, 1.54) is 10.9 Å². The van der Waals surface area contributed by atoms with E-state index in [4.69, 9.17) is 27.9 Å². The highest BCUT2D eigenvalue weighted by atomic mass is 35.5. The van der Waals surface area contributed by atoms with E-state index in [-0.39, 0.29) is 24.5 Å². The van der Waals surface area contributed by atoms with Crippen LogP contribution in [0.3, 0.4) is 0 Å². The molecule has 1 heterocycles. The fraction of sp³-hybridized carbons (Fsp3) is 0.267. The van der Waals surface area contributed by atoms with Crippen LogP contribution in [-0.4, -0.2) is 28.0 Å². The van der Waals surface area contributed by atoms with Crippen LogP contribution in [0.2, 0.25) is 10.0 Å². The van der Waals surface area contributed by atoms with E-state index in [1.807, 2.05) is 0 Å². The highest BCUT2D eigenvalue weighted by Gasteiger charge is 2.23. The molecule has 0 unspecified atom stereocenters. The number of rotatable bonds is 5. The Bertz CT molecular complexity index is 744. The number of halogens is 2. The van der Waals surface area contributed by atoms with Gasteiger partial charge in [-0.15, -0.1) is 0 Å². The Morgan fingerprint density at radius 1 is 1.35 bits per heavy atom. The number of ether oxygens (including phenoxy) is 1. The van der Waals surface area contributed by atoms with Crippen molar-refractivity contribution in [2.45, 2.75) is 13.5 Å². The van der Waals surface area contributed by atoms with Crippen molar-refractivity contribution in [2.75, 3.05) is 6.61 Å². The summed E-state index contributed by atoms with van der Waals surface area (Å²) >= 11 is 11.9.